The number of benzene rings is 9. The molecule has 12 rings (SSSR count). The van der Waals surface area contributed by atoms with E-state index in [0.717, 1.165) is 72.6 Å². The number of rotatable bonds is 6. The molecule has 0 atom stereocenters. The normalized spacial score (nSPS) is 11.7. The largest absolute Gasteiger partial charge is 0.309 e. The molecule has 4 heteroatoms. The molecule has 0 N–H and O–H groups in total. The van der Waals surface area contributed by atoms with Crippen molar-refractivity contribution in [2.24, 2.45) is 0 Å². The van der Waals surface area contributed by atoms with Crippen LogP contribution in [0.15, 0.2) is 218 Å². The lowest BCUT2D eigenvalue weighted by Crippen LogP contribution is -2.06. The van der Waals surface area contributed by atoms with Crippen molar-refractivity contribution >= 4 is 54.4 Å². The fourth-order valence-electron chi connectivity index (χ4n) is 9.17. The standard InChI is InChI=1S/C56H36N4/c1-5-18-38(19-6-1)53-54(39-20-7-2-8-21-39)58-56(55(57-53)40-22-9-3-10-23-40)60-48-28-16-15-27-45(48)46-35-41(30-32-49(46)60)42-31-33-50-47(36-42)52-44-26-14-13-17-37(44)29-34-51(52)59(50)43-24-11-4-12-25-43/h1-36H. The Kier molecular flexibility index (Phi) is 7.82. The Hall–Kier alpha value is -8.08. The van der Waals surface area contributed by atoms with Crippen LogP contribution >= 0.6 is 0 Å². The summed E-state index contributed by atoms with van der Waals surface area (Å²) in [4.78, 5) is 11.2. The number of fused-ring (bicyclic) bond motifs is 8. The minimum Gasteiger partial charge on any atom is -0.309 e. The van der Waals surface area contributed by atoms with Gasteiger partial charge in [0, 0.05) is 43.9 Å². The van der Waals surface area contributed by atoms with E-state index in [2.05, 4.69) is 209 Å². The molecule has 0 aliphatic heterocycles. The quantitative estimate of drug-likeness (QED) is 0.169. The van der Waals surface area contributed by atoms with Crippen molar-refractivity contribution < 1.29 is 0 Å². The maximum atomic E-state index is 5.63. The van der Waals surface area contributed by atoms with E-state index in [-0.39, 0.29) is 0 Å². The summed E-state index contributed by atoms with van der Waals surface area (Å²) >= 11 is 0. The molecule has 0 unspecified atom stereocenters. The van der Waals surface area contributed by atoms with E-state index in [1.807, 2.05) is 18.2 Å². The third kappa shape index (κ3) is 5.39. The molecule has 0 bridgehead atoms. The Morgan fingerprint density at radius 1 is 0.283 bits per heavy atom. The monoisotopic (exact) mass is 764 g/mol. The minimum absolute atomic E-state index is 0.792. The van der Waals surface area contributed by atoms with Crippen molar-refractivity contribution in [1.29, 1.82) is 0 Å². The SMILES string of the molecule is c1ccc(-c2nc(-c3ccccc3)c(-n3c4ccccc4c4cc(-c5ccc6c(c5)c5c7ccccc7ccc5n6-c5ccccc5)ccc43)nc2-c2ccccc2)cc1. The molecule has 9 aromatic carbocycles. The van der Waals surface area contributed by atoms with Crippen molar-refractivity contribution in [2.75, 3.05) is 0 Å². The first-order valence-corrected chi connectivity index (χ1v) is 20.4. The summed E-state index contributed by atoms with van der Waals surface area (Å²) in [5.74, 6) is 0.792. The summed E-state index contributed by atoms with van der Waals surface area (Å²) in [6, 6.07) is 77.7. The van der Waals surface area contributed by atoms with E-state index in [1.54, 1.807) is 0 Å². The van der Waals surface area contributed by atoms with Gasteiger partial charge in [-0.15, -0.1) is 0 Å². The van der Waals surface area contributed by atoms with Crippen LogP contribution in [0.4, 0.5) is 0 Å². The lowest BCUT2D eigenvalue weighted by atomic mass is 9.99. The van der Waals surface area contributed by atoms with E-state index in [0.29, 0.717) is 0 Å². The number of nitrogens with zero attached hydrogens (tertiary/aromatic N) is 4. The van der Waals surface area contributed by atoms with Crippen molar-refractivity contribution in [3.8, 4) is 56.4 Å². The molecule has 0 aliphatic carbocycles. The van der Waals surface area contributed by atoms with Gasteiger partial charge < -0.3 is 4.57 Å². The fraction of sp³-hybridized carbons (Fsp3) is 0. The fourth-order valence-corrected chi connectivity index (χ4v) is 9.17. The Balaban J connectivity index is 1.11. The van der Waals surface area contributed by atoms with Gasteiger partial charge >= 0.3 is 0 Å². The highest BCUT2D eigenvalue weighted by Crippen LogP contribution is 2.42. The van der Waals surface area contributed by atoms with E-state index >= 15 is 0 Å². The van der Waals surface area contributed by atoms with Crippen molar-refractivity contribution in [2.45, 2.75) is 0 Å². The summed E-state index contributed by atoms with van der Waals surface area (Å²) in [6.45, 7) is 0. The molecule has 3 aromatic heterocycles. The molecule has 280 valence electrons. The summed E-state index contributed by atoms with van der Waals surface area (Å²) in [5.41, 5.74) is 13.6. The number of hydrogen-bond donors (Lipinski definition) is 0. The van der Waals surface area contributed by atoms with Crippen LogP contribution in [0.3, 0.4) is 0 Å². The van der Waals surface area contributed by atoms with Gasteiger partial charge in [-0.3, -0.25) is 4.57 Å². The Morgan fingerprint density at radius 2 is 0.767 bits per heavy atom. The average molecular weight is 765 g/mol. The maximum Gasteiger partial charge on any atom is 0.165 e. The van der Waals surface area contributed by atoms with Crippen LogP contribution in [0.2, 0.25) is 0 Å². The van der Waals surface area contributed by atoms with Gasteiger partial charge in [-0.1, -0.05) is 170 Å². The van der Waals surface area contributed by atoms with Crippen LogP contribution in [0.25, 0.3) is 111 Å². The zero-order valence-electron chi connectivity index (χ0n) is 32.6. The second-order valence-corrected chi connectivity index (χ2v) is 15.4. The van der Waals surface area contributed by atoms with E-state index in [4.69, 9.17) is 9.97 Å². The van der Waals surface area contributed by atoms with Crippen LogP contribution in [0.1, 0.15) is 0 Å². The van der Waals surface area contributed by atoms with Crippen LogP contribution in [-0.2, 0) is 0 Å². The third-order valence-corrected chi connectivity index (χ3v) is 11.9. The molecule has 0 aliphatic rings. The number of para-hydroxylation sites is 2. The van der Waals surface area contributed by atoms with Gasteiger partial charge in [0.2, 0.25) is 0 Å². The molecule has 0 saturated carbocycles. The third-order valence-electron chi connectivity index (χ3n) is 11.9. The Labute approximate surface area is 346 Å². The van der Waals surface area contributed by atoms with Crippen LogP contribution in [-0.4, -0.2) is 19.1 Å². The molecule has 3 heterocycles. The van der Waals surface area contributed by atoms with Crippen molar-refractivity contribution in [3.05, 3.63) is 218 Å². The zero-order valence-corrected chi connectivity index (χ0v) is 32.6. The molecular formula is C56H36N4. The summed E-state index contributed by atoms with van der Waals surface area (Å²) in [5, 5.41) is 7.33. The molecule has 4 nitrogen and oxygen atoms in total. The van der Waals surface area contributed by atoms with Gasteiger partial charge in [-0.05, 0) is 70.4 Å². The molecule has 0 saturated heterocycles. The highest BCUT2D eigenvalue weighted by molar-refractivity contribution is 6.22. The first-order chi connectivity index (χ1) is 29.8. The number of aromatic nitrogens is 4. The second kappa shape index (κ2) is 13.8. The minimum atomic E-state index is 0.792. The summed E-state index contributed by atoms with van der Waals surface area (Å²) < 4.78 is 4.71. The topological polar surface area (TPSA) is 35.6 Å². The zero-order chi connectivity index (χ0) is 39.6. The van der Waals surface area contributed by atoms with Gasteiger partial charge in [0.05, 0.1) is 33.5 Å². The van der Waals surface area contributed by atoms with Gasteiger partial charge in [-0.25, -0.2) is 9.97 Å². The van der Waals surface area contributed by atoms with Gasteiger partial charge in [0.15, 0.2) is 5.82 Å². The molecule has 0 fully saturated rings. The lowest BCUT2D eigenvalue weighted by molar-refractivity contribution is 1.05. The Morgan fingerprint density at radius 3 is 1.43 bits per heavy atom. The number of hydrogen-bond acceptors (Lipinski definition) is 2. The van der Waals surface area contributed by atoms with Crippen LogP contribution in [0, 0.1) is 0 Å². The molecule has 0 spiro atoms. The highest BCUT2D eigenvalue weighted by atomic mass is 15.1. The van der Waals surface area contributed by atoms with E-state index < -0.39 is 0 Å². The van der Waals surface area contributed by atoms with E-state index in [9.17, 15) is 0 Å². The first kappa shape index (κ1) is 34.0. The second-order valence-electron chi connectivity index (χ2n) is 15.4. The molecule has 12 aromatic rings. The first-order valence-electron chi connectivity index (χ1n) is 20.4. The predicted molar refractivity (Wildman–Crippen MR) is 250 cm³/mol. The van der Waals surface area contributed by atoms with Crippen molar-refractivity contribution in [1.82, 2.24) is 19.1 Å². The van der Waals surface area contributed by atoms with Crippen LogP contribution in [0.5, 0.6) is 0 Å². The smallest absolute Gasteiger partial charge is 0.165 e. The molecule has 0 amide bonds. The summed E-state index contributed by atoms with van der Waals surface area (Å²) in [7, 11) is 0. The highest BCUT2D eigenvalue weighted by Gasteiger charge is 2.23. The maximum absolute atomic E-state index is 5.63. The van der Waals surface area contributed by atoms with Gasteiger partial charge in [0.25, 0.3) is 0 Å². The summed E-state index contributed by atoms with van der Waals surface area (Å²) in [6.07, 6.45) is 0. The lowest BCUT2D eigenvalue weighted by Gasteiger charge is -2.17. The molecular weight excluding hydrogens is 729 g/mol. The van der Waals surface area contributed by atoms with Crippen LogP contribution < -0.4 is 0 Å². The Bertz CT molecular complexity index is 3570. The molecule has 0 radical (unpaired) electrons. The average Bonchev–Trinajstić information content (AvgIpc) is 3.84. The molecule has 60 heavy (non-hydrogen) atoms. The predicted octanol–water partition coefficient (Wildman–Crippen LogP) is 14.5. The van der Waals surface area contributed by atoms with E-state index in [1.165, 1.54) is 38.1 Å². The van der Waals surface area contributed by atoms with Gasteiger partial charge in [0.1, 0.15) is 5.69 Å². The van der Waals surface area contributed by atoms with Crippen molar-refractivity contribution in [3.63, 3.8) is 0 Å². The van der Waals surface area contributed by atoms with Gasteiger partial charge in [-0.2, -0.15) is 0 Å².